The van der Waals surface area contributed by atoms with Crippen molar-refractivity contribution >= 4 is 33.1 Å². The Morgan fingerprint density at radius 3 is 2.68 bits per heavy atom. The van der Waals surface area contributed by atoms with Gasteiger partial charge in [-0.1, -0.05) is 13.8 Å². The Bertz CT molecular complexity index is 606. The monoisotopic (exact) mass is 277 g/mol. The number of pyridine rings is 1. The number of aromatic nitrogens is 1. The van der Waals surface area contributed by atoms with E-state index >= 15 is 0 Å². The van der Waals surface area contributed by atoms with Crippen molar-refractivity contribution in [1.82, 2.24) is 9.88 Å². The third kappa shape index (κ3) is 2.42. The van der Waals surface area contributed by atoms with Crippen molar-refractivity contribution in [2.45, 2.75) is 26.8 Å². The summed E-state index contributed by atoms with van der Waals surface area (Å²) in [4.78, 5) is 19.1. The summed E-state index contributed by atoms with van der Waals surface area (Å²) in [5.41, 5.74) is 7.27. The van der Waals surface area contributed by atoms with Crippen molar-refractivity contribution in [3.63, 3.8) is 0 Å². The quantitative estimate of drug-likeness (QED) is 0.938. The molecule has 0 fully saturated rings. The van der Waals surface area contributed by atoms with Crippen molar-refractivity contribution in [3.05, 3.63) is 23.2 Å². The maximum atomic E-state index is 12.5. The zero-order valence-corrected chi connectivity index (χ0v) is 12.5. The zero-order valence-electron chi connectivity index (χ0n) is 11.7. The Kier molecular flexibility index (Phi) is 3.75. The maximum absolute atomic E-state index is 12.5. The topological polar surface area (TPSA) is 59.2 Å². The number of carbonyl (C=O) groups excluding carboxylic acids is 1. The molecule has 2 aromatic heterocycles. The van der Waals surface area contributed by atoms with Gasteiger partial charge in [-0.25, -0.2) is 0 Å². The van der Waals surface area contributed by atoms with E-state index in [2.05, 4.69) is 18.8 Å². The van der Waals surface area contributed by atoms with Gasteiger partial charge in [-0.15, -0.1) is 11.3 Å². The highest BCUT2D eigenvalue weighted by Gasteiger charge is 2.24. The molecule has 1 unspecified atom stereocenters. The van der Waals surface area contributed by atoms with Gasteiger partial charge >= 0.3 is 0 Å². The number of nitrogen functional groups attached to an aromatic ring is 1. The van der Waals surface area contributed by atoms with Crippen molar-refractivity contribution < 1.29 is 4.79 Å². The third-order valence-corrected chi connectivity index (χ3v) is 4.72. The van der Waals surface area contributed by atoms with Gasteiger partial charge in [-0.05, 0) is 25.0 Å². The third-order valence-electron chi connectivity index (χ3n) is 3.57. The van der Waals surface area contributed by atoms with E-state index in [-0.39, 0.29) is 11.9 Å². The number of fused-ring (bicyclic) bond motifs is 1. The number of thiophene rings is 1. The largest absolute Gasteiger partial charge is 0.396 e. The first-order valence-corrected chi connectivity index (χ1v) is 7.15. The number of amides is 1. The molecule has 0 saturated heterocycles. The van der Waals surface area contributed by atoms with Crippen LogP contribution < -0.4 is 5.73 Å². The second kappa shape index (κ2) is 5.17. The number of hydrogen-bond acceptors (Lipinski definition) is 4. The first kappa shape index (κ1) is 13.8. The SMILES string of the molecule is CC(C)C(C)N(C)C(=O)c1sc2cccnc2c1N. The molecule has 5 heteroatoms. The Labute approximate surface area is 117 Å². The number of anilines is 1. The predicted octanol–water partition coefficient (Wildman–Crippen LogP) is 3.00. The smallest absolute Gasteiger partial charge is 0.266 e. The van der Waals surface area contributed by atoms with Crippen LogP contribution in [0.15, 0.2) is 18.3 Å². The molecule has 0 bridgehead atoms. The van der Waals surface area contributed by atoms with E-state index < -0.39 is 0 Å². The highest BCUT2D eigenvalue weighted by atomic mass is 32.1. The van der Waals surface area contributed by atoms with Crippen molar-refractivity contribution in [3.8, 4) is 0 Å². The molecule has 1 atom stereocenters. The minimum absolute atomic E-state index is 0.0262. The van der Waals surface area contributed by atoms with Crippen LogP contribution in [-0.2, 0) is 0 Å². The molecule has 0 aromatic carbocycles. The fourth-order valence-corrected chi connectivity index (χ4v) is 2.96. The molecule has 0 aliphatic rings. The number of rotatable bonds is 3. The number of carbonyl (C=O) groups is 1. The summed E-state index contributed by atoms with van der Waals surface area (Å²) in [6.45, 7) is 6.25. The number of hydrogen-bond donors (Lipinski definition) is 1. The van der Waals surface area contributed by atoms with Crippen LogP contribution in [0.2, 0.25) is 0 Å². The van der Waals surface area contributed by atoms with Gasteiger partial charge in [0, 0.05) is 19.3 Å². The Morgan fingerprint density at radius 2 is 2.11 bits per heavy atom. The van der Waals surface area contributed by atoms with E-state index in [1.54, 1.807) is 11.1 Å². The Balaban J connectivity index is 2.39. The standard InChI is InChI=1S/C14H19N3OS/c1-8(2)9(3)17(4)14(18)13-11(15)12-10(19-13)6-5-7-16-12/h5-9H,15H2,1-4H3. The normalized spacial score (nSPS) is 12.9. The summed E-state index contributed by atoms with van der Waals surface area (Å²) in [5.74, 6) is 0.379. The molecule has 2 aromatic rings. The van der Waals surface area contributed by atoms with Gasteiger partial charge in [-0.3, -0.25) is 9.78 Å². The van der Waals surface area contributed by atoms with Crippen molar-refractivity contribution in [2.24, 2.45) is 5.92 Å². The number of nitrogens with two attached hydrogens (primary N) is 1. The number of nitrogens with zero attached hydrogens (tertiary/aromatic N) is 2. The van der Waals surface area contributed by atoms with Crippen molar-refractivity contribution in [1.29, 1.82) is 0 Å². The molecule has 102 valence electrons. The van der Waals surface area contributed by atoms with E-state index in [9.17, 15) is 4.79 Å². The molecule has 0 radical (unpaired) electrons. The fourth-order valence-electron chi connectivity index (χ4n) is 1.90. The van der Waals surface area contributed by atoms with E-state index in [0.29, 0.717) is 16.5 Å². The minimum atomic E-state index is -0.0262. The first-order chi connectivity index (χ1) is 8.93. The van der Waals surface area contributed by atoms with Crippen LogP contribution in [0.25, 0.3) is 10.2 Å². The van der Waals surface area contributed by atoms with Crippen LogP contribution in [0.5, 0.6) is 0 Å². The summed E-state index contributed by atoms with van der Waals surface area (Å²) in [6, 6.07) is 3.96. The second-order valence-corrected chi connectivity index (χ2v) is 6.15. The first-order valence-electron chi connectivity index (χ1n) is 6.33. The van der Waals surface area contributed by atoms with Crippen LogP contribution in [0, 0.1) is 5.92 Å². The van der Waals surface area contributed by atoms with Gasteiger partial charge in [0.1, 0.15) is 10.4 Å². The van der Waals surface area contributed by atoms with Gasteiger partial charge in [0.2, 0.25) is 0 Å². The molecule has 2 rings (SSSR count). The van der Waals surface area contributed by atoms with Gasteiger partial charge in [0.05, 0.1) is 10.4 Å². The molecule has 1 amide bonds. The van der Waals surface area contributed by atoms with E-state index in [4.69, 9.17) is 5.73 Å². The van der Waals surface area contributed by atoms with Crippen molar-refractivity contribution in [2.75, 3.05) is 12.8 Å². The molecule has 0 spiro atoms. The van der Waals surface area contributed by atoms with Crippen LogP contribution in [0.1, 0.15) is 30.4 Å². The lowest BCUT2D eigenvalue weighted by Crippen LogP contribution is -2.38. The summed E-state index contributed by atoms with van der Waals surface area (Å²) < 4.78 is 0.953. The lowest BCUT2D eigenvalue weighted by molar-refractivity contribution is 0.0713. The maximum Gasteiger partial charge on any atom is 0.266 e. The lowest BCUT2D eigenvalue weighted by Gasteiger charge is -2.27. The highest BCUT2D eigenvalue weighted by molar-refractivity contribution is 7.21. The lowest BCUT2D eigenvalue weighted by atomic mass is 10.1. The Hall–Kier alpha value is -1.62. The average Bonchev–Trinajstić information content (AvgIpc) is 2.74. The highest BCUT2D eigenvalue weighted by Crippen LogP contribution is 2.33. The molecule has 0 aliphatic carbocycles. The van der Waals surface area contributed by atoms with Gasteiger partial charge in [-0.2, -0.15) is 0 Å². The predicted molar refractivity (Wildman–Crippen MR) is 80.4 cm³/mol. The summed E-state index contributed by atoms with van der Waals surface area (Å²) in [5, 5.41) is 0. The molecular formula is C14H19N3OS. The molecule has 0 saturated carbocycles. The molecular weight excluding hydrogens is 258 g/mol. The van der Waals surface area contributed by atoms with E-state index in [1.807, 2.05) is 26.1 Å². The summed E-state index contributed by atoms with van der Waals surface area (Å²) >= 11 is 1.41. The second-order valence-electron chi connectivity index (χ2n) is 5.10. The van der Waals surface area contributed by atoms with Crippen LogP contribution in [-0.4, -0.2) is 28.9 Å². The van der Waals surface area contributed by atoms with Gasteiger partial charge in [0.25, 0.3) is 5.91 Å². The molecule has 4 nitrogen and oxygen atoms in total. The zero-order chi connectivity index (χ0) is 14.2. The molecule has 19 heavy (non-hydrogen) atoms. The van der Waals surface area contributed by atoms with Crippen LogP contribution in [0.4, 0.5) is 5.69 Å². The van der Waals surface area contributed by atoms with E-state index in [1.165, 1.54) is 11.3 Å². The average molecular weight is 277 g/mol. The summed E-state index contributed by atoms with van der Waals surface area (Å²) in [6.07, 6.45) is 1.69. The van der Waals surface area contributed by atoms with Crippen LogP contribution >= 0.6 is 11.3 Å². The Morgan fingerprint density at radius 1 is 1.42 bits per heavy atom. The molecule has 0 aliphatic heterocycles. The van der Waals surface area contributed by atoms with Gasteiger partial charge < -0.3 is 10.6 Å². The summed E-state index contributed by atoms with van der Waals surface area (Å²) in [7, 11) is 1.82. The van der Waals surface area contributed by atoms with E-state index in [0.717, 1.165) is 10.2 Å². The fraction of sp³-hybridized carbons (Fsp3) is 0.429. The van der Waals surface area contributed by atoms with Crippen LogP contribution in [0.3, 0.4) is 0 Å². The minimum Gasteiger partial charge on any atom is -0.396 e. The van der Waals surface area contributed by atoms with Gasteiger partial charge in [0.15, 0.2) is 0 Å². The molecule has 2 N–H and O–H groups in total. The molecule has 2 heterocycles.